The molecule has 30 heavy (non-hydrogen) atoms. The summed E-state index contributed by atoms with van der Waals surface area (Å²) in [7, 11) is 0. The number of hydrogen-bond donors (Lipinski definition) is 1. The van der Waals surface area contributed by atoms with Crippen LogP contribution in [0.15, 0.2) is 90.1 Å². The number of hydrogen-bond acceptors (Lipinski definition) is 4. The molecule has 0 fully saturated rings. The average Bonchev–Trinajstić information content (AvgIpc) is 3.20. The van der Waals surface area contributed by atoms with Crippen molar-refractivity contribution in [1.82, 2.24) is 14.8 Å². The number of anilines is 1. The molecular formula is C23H19FN4OS. The highest BCUT2D eigenvalue weighted by Crippen LogP contribution is 2.30. The van der Waals surface area contributed by atoms with E-state index in [0.717, 1.165) is 11.3 Å². The minimum atomic E-state index is -0.440. The van der Waals surface area contributed by atoms with Crippen LogP contribution in [-0.2, 0) is 4.79 Å². The lowest BCUT2D eigenvalue weighted by Gasteiger charge is -2.14. The highest BCUT2D eigenvalue weighted by molar-refractivity contribution is 8.00. The van der Waals surface area contributed by atoms with Crippen molar-refractivity contribution in [3.05, 3.63) is 90.7 Å². The van der Waals surface area contributed by atoms with Crippen molar-refractivity contribution >= 4 is 23.4 Å². The molecule has 0 bridgehead atoms. The number of thioether (sulfide) groups is 1. The van der Waals surface area contributed by atoms with E-state index in [4.69, 9.17) is 0 Å². The number of carbonyl (C=O) groups excluding carboxylic acids is 1. The standard InChI is InChI=1S/C23H19FN4OS/c1-16(22(29)25-19-14-12-18(24)13-15-19)30-23-27-26-21(17-8-4-2-5-9-17)28(23)20-10-6-3-7-11-20/h2-16H,1H3,(H,25,29)/t16-/m1/s1. The van der Waals surface area contributed by atoms with Crippen LogP contribution < -0.4 is 5.32 Å². The maximum absolute atomic E-state index is 13.1. The van der Waals surface area contributed by atoms with Gasteiger partial charge in [-0.15, -0.1) is 10.2 Å². The molecule has 4 rings (SSSR count). The fourth-order valence-electron chi connectivity index (χ4n) is 2.92. The fourth-order valence-corrected chi connectivity index (χ4v) is 3.79. The van der Waals surface area contributed by atoms with Crippen LogP contribution >= 0.6 is 11.8 Å². The quantitative estimate of drug-likeness (QED) is 0.438. The van der Waals surface area contributed by atoms with E-state index in [2.05, 4.69) is 15.5 Å². The van der Waals surface area contributed by atoms with Crippen molar-refractivity contribution < 1.29 is 9.18 Å². The van der Waals surface area contributed by atoms with Gasteiger partial charge in [0, 0.05) is 16.9 Å². The summed E-state index contributed by atoms with van der Waals surface area (Å²) in [6.07, 6.45) is 0. The number of nitrogens with zero attached hydrogens (tertiary/aromatic N) is 3. The second-order valence-corrected chi connectivity index (χ2v) is 7.91. The van der Waals surface area contributed by atoms with Gasteiger partial charge in [0.25, 0.3) is 0 Å². The van der Waals surface area contributed by atoms with Crippen LogP contribution in [0.5, 0.6) is 0 Å². The summed E-state index contributed by atoms with van der Waals surface area (Å²) in [4.78, 5) is 12.6. The first kappa shape index (κ1) is 19.8. The smallest absolute Gasteiger partial charge is 0.237 e. The molecule has 1 aromatic heterocycles. The van der Waals surface area contributed by atoms with E-state index in [1.165, 1.54) is 36.0 Å². The fraction of sp³-hybridized carbons (Fsp3) is 0.0870. The molecule has 0 saturated heterocycles. The van der Waals surface area contributed by atoms with Crippen LogP contribution in [0.2, 0.25) is 0 Å². The van der Waals surface area contributed by atoms with Crippen molar-refractivity contribution in [2.75, 3.05) is 5.32 Å². The summed E-state index contributed by atoms with van der Waals surface area (Å²) < 4.78 is 15.0. The molecule has 0 saturated carbocycles. The van der Waals surface area contributed by atoms with Crippen molar-refractivity contribution in [3.63, 3.8) is 0 Å². The Labute approximate surface area is 178 Å². The molecule has 7 heteroatoms. The van der Waals surface area contributed by atoms with Gasteiger partial charge in [0.2, 0.25) is 5.91 Å². The maximum Gasteiger partial charge on any atom is 0.237 e. The van der Waals surface area contributed by atoms with Crippen LogP contribution in [0.25, 0.3) is 17.1 Å². The van der Waals surface area contributed by atoms with Gasteiger partial charge in [0.05, 0.1) is 5.25 Å². The molecule has 1 N–H and O–H groups in total. The molecule has 1 amide bonds. The van der Waals surface area contributed by atoms with Gasteiger partial charge in [-0.2, -0.15) is 0 Å². The lowest BCUT2D eigenvalue weighted by molar-refractivity contribution is -0.115. The van der Waals surface area contributed by atoms with Crippen LogP contribution in [-0.4, -0.2) is 25.9 Å². The zero-order valence-electron chi connectivity index (χ0n) is 16.2. The minimum Gasteiger partial charge on any atom is -0.325 e. The third kappa shape index (κ3) is 4.41. The molecule has 3 aromatic carbocycles. The zero-order valence-corrected chi connectivity index (χ0v) is 17.0. The Balaban J connectivity index is 1.61. The third-order valence-electron chi connectivity index (χ3n) is 4.44. The highest BCUT2D eigenvalue weighted by Gasteiger charge is 2.22. The van der Waals surface area contributed by atoms with E-state index in [1.54, 1.807) is 6.92 Å². The summed E-state index contributed by atoms with van der Waals surface area (Å²) in [5, 5.41) is 11.7. The average molecular weight is 418 g/mol. The van der Waals surface area contributed by atoms with Gasteiger partial charge < -0.3 is 5.32 Å². The highest BCUT2D eigenvalue weighted by atomic mass is 32.2. The number of para-hydroxylation sites is 1. The second kappa shape index (κ2) is 8.92. The summed E-state index contributed by atoms with van der Waals surface area (Å²) in [5.41, 5.74) is 2.39. The first-order valence-electron chi connectivity index (χ1n) is 9.41. The topological polar surface area (TPSA) is 59.8 Å². The Morgan fingerprint density at radius 3 is 2.23 bits per heavy atom. The zero-order chi connectivity index (χ0) is 20.9. The largest absolute Gasteiger partial charge is 0.325 e. The molecule has 5 nitrogen and oxygen atoms in total. The van der Waals surface area contributed by atoms with Crippen molar-refractivity contribution in [1.29, 1.82) is 0 Å². The third-order valence-corrected chi connectivity index (χ3v) is 5.49. The minimum absolute atomic E-state index is 0.199. The van der Waals surface area contributed by atoms with Gasteiger partial charge in [-0.25, -0.2) is 4.39 Å². The number of nitrogens with one attached hydrogen (secondary N) is 1. The van der Waals surface area contributed by atoms with Crippen LogP contribution in [0.1, 0.15) is 6.92 Å². The lowest BCUT2D eigenvalue weighted by Crippen LogP contribution is -2.22. The van der Waals surface area contributed by atoms with Crippen molar-refractivity contribution in [2.45, 2.75) is 17.3 Å². The Morgan fingerprint density at radius 2 is 1.57 bits per heavy atom. The van der Waals surface area contributed by atoms with Gasteiger partial charge in [-0.05, 0) is 43.3 Å². The number of benzene rings is 3. The Kier molecular flexibility index (Phi) is 5.90. The molecular weight excluding hydrogens is 399 g/mol. The predicted molar refractivity (Wildman–Crippen MR) is 117 cm³/mol. The summed E-state index contributed by atoms with van der Waals surface area (Å²) in [5.74, 6) is 0.158. The first-order valence-corrected chi connectivity index (χ1v) is 10.3. The number of halogens is 1. The van der Waals surface area contributed by atoms with Gasteiger partial charge >= 0.3 is 0 Å². The van der Waals surface area contributed by atoms with Crippen molar-refractivity contribution in [3.8, 4) is 17.1 Å². The van der Waals surface area contributed by atoms with Crippen LogP contribution in [0.3, 0.4) is 0 Å². The monoisotopic (exact) mass is 418 g/mol. The molecule has 1 atom stereocenters. The van der Waals surface area contributed by atoms with Crippen molar-refractivity contribution in [2.24, 2.45) is 0 Å². The van der Waals surface area contributed by atoms with E-state index in [9.17, 15) is 9.18 Å². The molecule has 1 heterocycles. The first-order chi connectivity index (χ1) is 14.6. The number of aromatic nitrogens is 3. The summed E-state index contributed by atoms with van der Waals surface area (Å²) >= 11 is 1.31. The van der Waals surface area contributed by atoms with Gasteiger partial charge in [-0.3, -0.25) is 9.36 Å². The van der Waals surface area contributed by atoms with E-state index < -0.39 is 5.25 Å². The number of rotatable bonds is 6. The maximum atomic E-state index is 13.1. The number of amides is 1. The molecule has 0 aliphatic heterocycles. The molecule has 150 valence electrons. The van der Waals surface area contributed by atoms with Gasteiger partial charge in [0.1, 0.15) is 5.82 Å². The molecule has 0 unspecified atom stereocenters. The summed E-state index contributed by atoms with van der Waals surface area (Å²) in [6.45, 7) is 1.80. The molecule has 0 radical (unpaired) electrons. The van der Waals surface area contributed by atoms with Crippen LogP contribution in [0, 0.1) is 5.82 Å². The Hall–Kier alpha value is -3.45. The molecule has 0 aliphatic rings. The molecule has 4 aromatic rings. The van der Waals surface area contributed by atoms with E-state index >= 15 is 0 Å². The molecule has 0 spiro atoms. The summed E-state index contributed by atoms with van der Waals surface area (Å²) in [6, 6.07) is 25.3. The Morgan fingerprint density at radius 1 is 0.933 bits per heavy atom. The van der Waals surface area contributed by atoms with Gasteiger partial charge in [0.15, 0.2) is 11.0 Å². The van der Waals surface area contributed by atoms with E-state index in [1.807, 2.05) is 65.2 Å². The SMILES string of the molecule is C[C@@H](Sc1nnc(-c2ccccc2)n1-c1ccccc1)C(=O)Nc1ccc(F)cc1. The van der Waals surface area contributed by atoms with Gasteiger partial charge in [-0.1, -0.05) is 60.3 Å². The lowest BCUT2D eigenvalue weighted by atomic mass is 10.2. The predicted octanol–water partition coefficient (Wildman–Crippen LogP) is 5.19. The normalized spacial score (nSPS) is 11.8. The Bertz CT molecular complexity index is 1130. The molecule has 0 aliphatic carbocycles. The van der Waals surface area contributed by atoms with E-state index in [0.29, 0.717) is 16.7 Å². The second-order valence-electron chi connectivity index (χ2n) is 6.60. The van der Waals surface area contributed by atoms with E-state index in [-0.39, 0.29) is 11.7 Å². The number of carbonyl (C=O) groups is 1. The van der Waals surface area contributed by atoms with Crippen LogP contribution in [0.4, 0.5) is 10.1 Å².